The lowest BCUT2D eigenvalue weighted by Gasteiger charge is -2.16. The number of cyclic esters (lactones) is 1. The summed E-state index contributed by atoms with van der Waals surface area (Å²) < 4.78 is 4.80. The van der Waals surface area contributed by atoms with Gasteiger partial charge in [0.1, 0.15) is 13.2 Å². The van der Waals surface area contributed by atoms with Crippen molar-refractivity contribution >= 4 is 35.2 Å². The molecule has 26 heavy (non-hydrogen) atoms. The van der Waals surface area contributed by atoms with Gasteiger partial charge < -0.3 is 15.4 Å². The number of hydrogen-bond donors (Lipinski definition) is 2. The molecule has 2 aliphatic rings. The number of hydrogen-bond acceptors (Lipinski definition) is 4. The van der Waals surface area contributed by atoms with Gasteiger partial charge >= 0.3 is 6.09 Å². The Morgan fingerprint density at radius 2 is 2.15 bits per heavy atom. The van der Waals surface area contributed by atoms with E-state index in [1.165, 1.54) is 4.90 Å². The van der Waals surface area contributed by atoms with Crippen LogP contribution in [0.2, 0.25) is 5.02 Å². The van der Waals surface area contributed by atoms with Crippen molar-refractivity contribution in [2.24, 2.45) is 5.92 Å². The molecule has 3 amide bonds. The fourth-order valence-electron chi connectivity index (χ4n) is 3.33. The summed E-state index contributed by atoms with van der Waals surface area (Å²) in [6.45, 7) is 2.63. The van der Waals surface area contributed by atoms with Crippen molar-refractivity contribution in [3.05, 3.63) is 28.8 Å². The second-order valence-corrected chi connectivity index (χ2v) is 7.17. The molecule has 2 N–H and O–H groups in total. The summed E-state index contributed by atoms with van der Waals surface area (Å²) in [6.07, 6.45) is 1.60. The number of rotatable bonds is 5. The summed E-state index contributed by atoms with van der Waals surface area (Å²) in [5.41, 5.74) is 1.62. The average Bonchev–Trinajstić information content (AvgIpc) is 3.21. The minimum atomic E-state index is -0.456. The van der Waals surface area contributed by atoms with Gasteiger partial charge in [-0.3, -0.25) is 14.5 Å². The van der Waals surface area contributed by atoms with Gasteiger partial charge in [0.25, 0.3) is 0 Å². The molecule has 0 radical (unpaired) electrons. The first-order valence-electron chi connectivity index (χ1n) is 8.70. The van der Waals surface area contributed by atoms with E-state index in [9.17, 15) is 14.4 Å². The third kappa shape index (κ3) is 4.46. The molecule has 1 heterocycles. The van der Waals surface area contributed by atoms with E-state index < -0.39 is 6.09 Å². The predicted molar refractivity (Wildman–Crippen MR) is 97.0 cm³/mol. The maximum Gasteiger partial charge on any atom is 0.410 e. The number of halogens is 1. The zero-order chi connectivity index (χ0) is 18.7. The first-order chi connectivity index (χ1) is 12.4. The summed E-state index contributed by atoms with van der Waals surface area (Å²) in [4.78, 5) is 37.2. The Hall–Kier alpha value is -2.28. The Morgan fingerprint density at radius 1 is 1.35 bits per heavy atom. The molecule has 8 heteroatoms. The molecule has 0 bridgehead atoms. The standard InChI is InChI=1S/C18H22ClN3O4/c1-11-8-13(4-5-15(11)19)21-17(24)12-2-3-14(9-12)20-16(23)10-22-6-7-26-18(22)25/h4-5,8,12,14H,2-3,6-7,9-10H2,1H3,(H,20,23)(H,21,24)/t12-,14+/m0/s1. The topological polar surface area (TPSA) is 87.7 Å². The number of carbonyl (C=O) groups excluding carboxylic acids is 3. The van der Waals surface area contributed by atoms with Gasteiger partial charge in [-0.05, 0) is 49.9 Å². The SMILES string of the molecule is Cc1cc(NC(=O)[C@H]2CC[C@@H](NC(=O)CN3CCOC3=O)C2)ccc1Cl. The van der Waals surface area contributed by atoms with E-state index in [0.717, 1.165) is 24.1 Å². The Balaban J connectivity index is 1.46. The Bertz CT molecular complexity index is 724. The highest BCUT2D eigenvalue weighted by Crippen LogP contribution is 2.27. The number of nitrogens with zero attached hydrogens (tertiary/aromatic N) is 1. The molecular formula is C18H22ClN3O4. The van der Waals surface area contributed by atoms with Crippen LogP contribution < -0.4 is 10.6 Å². The molecule has 7 nitrogen and oxygen atoms in total. The number of anilines is 1. The predicted octanol–water partition coefficient (Wildman–Crippen LogP) is 2.32. The molecule has 1 saturated carbocycles. The number of ether oxygens (including phenoxy) is 1. The van der Waals surface area contributed by atoms with E-state index >= 15 is 0 Å². The van der Waals surface area contributed by atoms with Gasteiger partial charge in [0.15, 0.2) is 0 Å². The molecule has 140 valence electrons. The normalized spacial score (nSPS) is 22.2. The van der Waals surface area contributed by atoms with Crippen LogP contribution >= 0.6 is 11.6 Å². The first kappa shape index (κ1) is 18.5. The van der Waals surface area contributed by atoms with Crippen LogP contribution in [-0.2, 0) is 14.3 Å². The second-order valence-electron chi connectivity index (χ2n) is 6.76. The van der Waals surface area contributed by atoms with Crippen LogP contribution in [0.1, 0.15) is 24.8 Å². The van der Waals surface area contributed by atoms with Crippen molar-refractivity contribution < 1.29 is 19.1 Å². The number of aryl methyl sites for hydroxylation is 1. The highest BCUT2D eigenvalue weighted by atomic mass is 35.5. The van der Waals surface area contributed by atoms with E-state index in [1.807, 2.05) is 13.0 Å². The van der Waals surface area contributed by atoms with Crippen LogP contribution in [0, 0.1) is 12.8 Å². The summed E-state index contributed by atoms with van der Waals surface area (Å²) in [6, 6.07) is 5.32. The van der Waals surface area contributed by atoms with E-state index in [1.54, 1.807) is 12.1 Å². The maximum absolute atomic E-state index is 12.4. The maximum atomic E-state index is 12.4. The summed E-state index contributed by atoms with van der Waals surface area (Å²) in [7, 11) is 0. The molecule has 1 aliphatic heterocycles. The highest BCUT2D eigenvalue weighted by Gasteiger charge is 2.32. The van der Waals surface area contributed by atoms with E-state index in [0.29, 0.717) is 24.6 Å². The number of benzene rings is 1. The molecular weight excluding hydrogens is 358 g/mol. The van der Waals surface area contributed by atoms with Gasteiger partial charge in [0, 0.05) is 22.7 Å². The van der Waals surface area contributed by atoms with Gasteiger partial charge in [-0.25, -0.2) is 4.79 Å². The Labute approximate surface area is 157 Å². The lowest BCUT2D eigenvalue weighted by Crippen LogP contribution is -2.41. The van der Waals surface area contributed by atoms with Crippen molar-refractivity contribution in [1.29, 1.82) is 0 Å². The van der Waals surface area contributed by atoms with Crippen molar-refractivity contribution in [3.8, 4) is 0 Å². The zero-order valence-electron chi connectivity index (χ0n) is 14.6. The third-order valence-electron chi connectivity index (χ3n) is 4.77. The van der Waals surface area contributed by atoms with E-state index in [-0.39, 0.29) is 30.3 Å². The van der Waals surface area contributed by atoms with Gasteiger partial charge in [-0.2, -0.15) is 0 Å². The molecule has 3 rings (SSSR count). The molecule has 0 aromatic heterocycles. The van der Waals surface area contributed by atoms with Crippen molar-refractivity contribution in [1.82, 2.24) is 10.2 Å². The Morgan fingerprint density at radius 3 is 2.85 bits per heavy atom. The van der Waals surface area contributed by atoms with E-state index in [4.69, 9.17) is 16.3 Å². The first-order valence-corrected chi connectivity index (χ1v) is 9.08. The van der Waals surface area contributed by atoms with Crippen LogP contribution in [0.4, 0.5) is 10.5 Å². The lowest BCUT2D eigenvalue weighted by molar-refractivity contribution is -0.123. The minimum Gasteiger partial charge on any atom is -0.448 e. The quantitative estimate of drug-likeness (QED) is 0.821. The number of nitrogens with one attached hydrogen (secondary N) is 2. The van der Waals surface area contributed by atoms with Gasteiger partial charge in [-0.1, -0.05) is 11.6 Å². The van der Waals surface area contributed by atoms with Crippen LogP contribution in [0.15, 0.2) is 18.2 Å². The summed E-state index contributed by atoms with van der Waals surface area (Å²) >= 11 is 6.00. The Kier molecular flexibility index (Phi) is 5.66. The van der Waals surface area contributed by atoms with Crippen LogP contribution in [0.5, 0.6) is 0 Å². The zero-order valence-corrected chi connectivity index (χ0v) is 15.3. The summed E-state index contributed by atoms with van der Waals surface area (Å²) in [5, 5.41) is 6.48. The molecule has 1 aromatic carbocycles. The third-order valence-corrected chi connectivity index (χ3v) is 5.20. The number of carbonyl (C=O) groups is 3. The molecule has 1 aromatic rings. The monoisotopic (exact) mass is 379 g/mol. The van der Waals surface area contributed by atoms with Crippen molar-refractivity contribution in [2.75, 3.05) is 25.0 Å². The van der Waals surface area contributed by atoms with Gasteiger partial charge in [0.05, 0.1) is 6.54 Å². The lowest BCUT2D eigenvalue weighted by atomic mass is 10.1. The van der Waals surface area contributed by atoms with Crippen LogP contribution in [0.25, 0.3) is 0 Å². The fraction of sp³-hybridized carbons (Fsp3) is 0.500. The van der Waals surface area contributed by atoms with E-state index in [2.05, 4.69) is 10.6 Å². The molecule has 2 atom stereocenters. The highest BCUT2D eigenvalue weighted by molar-refractivity contribution is 6.31. The van der Waals surface area contributed by atoms with Gasteiger partial charge in [0.2, 0.25) is 11.8 Å². The minimum absolute atomic E-state index is 0.00372. The van der Waals surface area contributed by atoms with Crippen molar-refractivity contribution in [2.45, 2.75) is 32.2 Å². The van der Waals surface area contributed by atoms with Crippen molar-refractivity contribution in [3.63, 3.8) is 0 Å². The molecule has 0 spiro atoms. The molecule has 1 aliphatic carbocycles. The smallest absolute Gasteiger partial charge is 0.410 e. The van der Waals surface area contributed by atoms with Crippen LogP contribution in [0.3, 0.4) is 0 Å². The largest absolute Gasteiger partial charge is 0.448 e. The fourth-order valence-corrected chi connectivity index (χ4v) is 3.45. The number of amides is 3. The average molecular weight is 380 g/mol. The van der Waals surface area contributed by atoms with Gasteiger partial charge in [-0.15, -0.1) is 0 Å². The van der Waals surface area contributed by atoms with Crippen LogP contribution in [-0.4, -0.2) is 48.5 Å². The molecule has 0 unspecified atom stereocenters. The molecule has 1 saturated heterocycles. The molecule has 2 fully saturated rings. The second kappa shape index (κ2) is 7.95. The summed E-state index contributed by atoms with van der Waals surface area (Å²) in [5.74, 6) is -0.414.